The number of rotatable bonds is 0. The first-order valence-electron chi connectivity index (χ1n) is 7.75. The molecule has 0 radical (unpaired) electrons. The molecule has 0 aromatic carbocycles. The number of fused-ring (bicyclic) bond motifs is 5. The van der Waals surface area contributed by atoms with Crippen LogP contribution in [0.2, 0.25) is 0 Å². The van der Waals surface area contributed by atoms with Crippen molar-refractivity contribution in [2.75, 3.05) is 6.54 Å². The lowest BCUT2D eigenvalue weighted by atomic mass is 9.73. The zero-order valence-electron chi connectivity index (χ0n) is 13.2. The number of H-pyrrole nitrogens is 1. The Bertz CT molecular complexity index is 790. The molecule has 0 bridgehead atoms. The van der Waals surface area contributed by atoms with Gasteiger partial charge >= 0.3 is 5.91 Å². The Morgan fingerprint density at radius 2 is 2.18 bits per heavy atom. The van der Waals surface area contributed by atoms with Crippen LogP contribution in [-0.2, 0) is 18.4 Å². The maximum Gasteiger partial charge on any atom is 0.318 e. The van der Waals surface area contributed by atoms with Crippen molar-refractivity contribution < 1.29 is 9.48 Å². The highest BCUT2D eigenvalue weighted by atomic mass is 16.2. The third-order valence-electron chi connectivity index (χ3n) is 4.59. The molecule has 1 aliphatic heterocycles. The normalized spacial score (nSPS) is 18.8. The highest BCUT2D eigenvalue weighted by Gasteiger charge is 2.44. The van der Waals surface area contributed by atoms with Gasteiger partial charge in [0.25, 0.3) is 5.69 Å². The number of carbonyl (C=O) groups is 1. The van der Waals surface area contributed by atoms with Crippen LogP contribution in [0.3, 0.4) is 0 Å². The fourth-order valence-corrected chi connectivity index (χ4v) is 3.66. The summed E-state index contributed by atoms with van der Waals surface area (Å²) in [6.07, 6.45) is 3.69. The fraction of sp³-hybridized carbons (Fsp3) is 0.500. The Balaban J connectivity index is 2.03. The standard InChI is InChI=1S/C16H19N5O/c1-9-18-8-10-7-16(2,3)11-13(12(10)19-9)20-21-6-4-5-17-15(22)14(11)21/h8H,4-7H2,1-3H3,(H,17,22)/p+1. The van der Waals surface area contributed by atoms with Gasteiger partial charge in [-0.1, -0.05) is 13.8 Å². The van der Waals surface area contributed by atoms with Crippen LogP contribution in [0.1, 0.15) is 47.7 Å². The molecule has 2 aliphatic rings. The van der Waals surface area contributed by atoms with Crippen molar-refractivity contribution in [1.82, 2.24) is 20.4 Å². The van der Waals surface area contributed by atoms with E-state index in [0.717, 1.165) is 60.0 Å². The van der Waals surface area contributed by atoms with E-state index in [1.165, 1.54) is 0 Å². The topological polar surface area (TPSA) is 74.5 Å². The van der Waals surface area contributed by atoms with Crippen molar-refractivity contribution in [2.24, 2.45) is 0 Å². The lowest BCUT2D eigenvalue weighted by Gasteiger charge is -2.29. The molecule has 114 valence electrons. The first-order chi connectivity index (χ1) is 10.5. The molecule has 0 saturated carbocycles. The Labute approximate surface area is 129 Å². The Kier molecular flexibility index (Phi) is 2.67. The van der Waals surface area contributed by atoms with Crippen molar-refractivity contribution in [3.05, 3.63) is 28.8 Å². The van der Waals surface area contributed by atoms with Crippen LogP contribution in [0.5, 0.6) is 0 Å². The van der Waals surface area contributed by atoms with Crippen LogP contribution in [0, 0.1) is 6.92 Å². The number of carbonyl (C=O) groups excluding carboxylic acids is 1. The van der Waals surface area contributed by atoms with Crippen LogP contribution in [0.4, 0.5) is 0 Å². The van der Waals surface area contributed by atoms with Gasteiger partial charge in [-0.25, -0.2) is 9.97 Å². The van der Waals surface area contributed by atoms with Gasteiger partial charge in [-0.2, -0.15) is 5.10 Å². The second kappa shape index (κ2) is 4.38. The van der Waals surface area contributed by atoms with Crippen LogP contribution in [0.15, 0.2) is 6.20 Å². The average molecular weight is 298 g/mol. The van der Waals surface area contributed by atoms with Crippen molar-refractivity contribution in [1.29, 1.82) is 0 Å². The number of hydrogen-bond donors (Lipinski definition) is 2. The molecule has 2 aromatic rings. The van der Waals surface area contributed by atoms with Gasteiger partial charge in [-0.05, 0) is 18.9 Å². The minimum absolute atomic E-state index is 0.0114. The number of aromatic nitrogens is 4. The van der Waals surface area contributed by atoms with E-state index in [-0.39, 0.29) is 11.3 Å². The van der Waals surface area contributed by atoms with E-state index in [0.29, 0.717) is 0 Å². The Hall–Kier alpha value is -2.24. The number of nitrogens with zero attached hydrogens (tertiary/aromatic N) is 3. The summed E-state index contributed by atoms with van der Waals surface area (Å²) in [5.74, 6) is 0.765. The maximum absolute atomic E-state index is 12.5. The maximum atomic E-state index is 12.5. The summed E-state index contributed by atoms with van der Waals surface area (Å²) < 4.78 is 1.99. The third kappa shape index (κ3) is 1.79. The van der Waals surface area contributed by atoms with Crippen LogP contribution < -0.4 is 10.00 Å². The Morgan fingerprint density at radius 1 is 1.36 bits per heavy atom. The van der Waals surface area contributed by atoms with Crippen molar-refractivity contribution in [3.63, 3.8) is 0 Å². The molecule has 0 atom stereocenters. The minimum Gasteiger partial charge on any atom is -0.347 e. The van der Waals surface area contributed by atoms with Gasteiger partial charge in [0.15, 0.2) is 6.54 Å². The van der Waals surface area contributed by atoms with Gasteiger partial charge in [0, 0.05) is 24.6 Å². The van der Waals surface area contributed by atoms with Crippen LogP contribution >= 0.6 is 0 Å². The van der Waals surface area contributed by atoms with Gasteiger partial charge < -0.3 is 5.32 Å². The molecule has 4 rings (SSSR count). The number of nitrogens with one attached hydrogen (secondary N) is 2. The smallest absolute Gasteiger partial charge is 0.318 e. The first kappa shape index (κ1) is 13.4. The summed E-state index contributed by atoms with van der Waals surface area (Å²) in [6, 6.07) is 0. The number of aromatic amines is 1. The van der Waals surface area contributed by atoms with Crippen LogP contribution in [-0.4, -0.2) is 27.5 Å². The third-order valence-corrected chi connectivity index (χ3v) is 4.59. The summed E-state index contributed by atoms with van der Waals surface area (Å²) in [5.41, 5.74) is 4.77. The fourth-order valence-electron chi connectivity index (χ4n) is 3.66. The van der Waals surface area contributed by atoms with Gasteiger partial charge in [0.05, 0.1) is 11.3 Å². The monoisotopic (exact) mass is 298 g/mol. The van der Waals surface area contributed by atoms with E-state index < -0.39 is 0 Å². The average Bonchev–Trinajstić information content (AvgIpc) is 2.77. The van der Waals surface area contributed by atoms with Crippen molar-refractivity contribution in [3.8, 4) is 11.4 Å². The molecule has 22 heavy (non-hydrogen) atoms. The molecule has 6 nitrogen and oxygen atoms in total. The number of hydrogen-bond acceptors (Lipinski definition) is 3. The predicted octanol–water partition coefficient (Wildman–Crippen LogP) is 1.03. The second-order valence-corrected chi connectivity index (χ2v) is 6.82. The molecule has 3 heterocycles. The lowest BCUT2D eigenvalue weighted by Crippen LogP contribution is -2.42. The molecule has 0 fully saturated rings. The molecule has 2 N–H and O–H groups in total. The highest BCUT2D eigenvalue weighted by Crippen LogP contribution is 2.42. The summed E-state index contributed by atoms with van der Waals surface area (Å²) in [5, 5.41) is 6.43. The van der Waals surface area contributed by atoms with Crippen molar-refractivity contribution in [2.45, 2.75) is 45.6 Å². The molecule has 2 aromatic heterocycles. The molecule has 6 heteroatoms. The molecule has 1 aliphatic carbocycles. The van der Waals surface area contributed by atoms with Gasteiger partial charge in [-0.15, -0.1) is 4.68 Å². The van der Waals surface area contributed by atoms with E-state index in [2.05, 4.69) is 34.2 Å². The summed E-state index contributed by atoms with van der Waals surface area (Å²) in [4.78, 5) is 21.5. The molecular formula is C16H20N5O+. The largest absolute Gasteiger partial charge is 0.347 e. The minimum atomic E-state index is -0.125. The SMILES string of the molecule is Cc1ncc2c(n1)-c1[nH][n+]3c(c1C(C)(C)C2)C(=O)NCCC3. The zero-order chi connectivity index (χ0) is 15.5. The summed E-state index contributed by atoms with van der Waals surface area (Å²) >= 11 is 0. The van der Waals surface area contributed by atoms with E-state index in [1.807, 2.05) is 17.8 Å². The van der Waals surface area contributed by atoms with E-state index in [9.17, 15) is 4.79 Å². The number of amides is 1. The highest BCUT2D eigenvalue weighted by molar-refractivity contribution is 5.95. The van der Waals surface area contributed by atoms with Gasteiger partial charge in [0.2, 0.25) is 0 Å². The lowest BCUT2D eigenvalue weighted by molar-refractivity contribution is -0.750. The van der Waals surface area contributed by atoms with E-state index in [1.54, 1.807) is 0 Å². The predicted molar refractivity (Wildman–Crippen MR) is 80.4 cm³/mol. The van der Waals surface area contributed by atoms with Gasteiger partial charge in [-0.3, -0.25) is 4.79 Å². The number of aryl methyl sites for hydroxylation is 2. The van der Waals surface area contributed by atoms with Gasteiger partial charge in [0.1, 0.15) is 11.5 Å². The van der Waals surface area contributed by atoms with E-state index in [4.69, 9.17) is 0 Å². The quantitative estimate of drug-likeness (QED) is 0.714. The molecule has 1 amide bonds. The molecule has 0 unspecified atom stereocenters. The summed E-state index contributed by atoms with van der Waals surface area (Å²) in [7, 11) is 0. The first-order valence-corrected chi connectivity index (χ1v) is 7.75. The van der Waals surface area contributed by atoms with Crippen LogP contribution in [0.25, 0.3) is 11.4 Å². The second-order valence-electron chi connectivity index (χ2n) is 6.82. The van der Waals surface area contributed by atoms with E-state index >= 15 is 0 Å². The summed E-state index contributed by atoms with van der Waals surface area (Å²) in [6.45, 7) is 7.80. The molecule has 0 spiro atoms. The zero-order valence-corrected chi connectivity index (χ0v) is 13.2. The molecular weight excluding hydrogens is 278 g/mol. The van der Waals surface area contributed by atoms with Crippen molar-refractivity contribution >= 4 is 5.91 Å². The Morgan fingerprint density at radius 3 is 3.00 bits per heavy atom. The molecule has 0 saturated heterocycles.